The van der Waals surface area contributed by atoms with Gasteiger partial charge < -0.3 is 5.32 Å². The van der Waals surface area contributed by atoms with Crippen LogP contribution >= 0.6 is 11.6 Å². The summed E-state index contributed by atoms with van der Waals surface area (Å²) in [5.74, 6) is 0. The predicted molar refractivity (Wildman–Crippen MR) is 94.5 cm³/mol. The predicted octanol–water partition coefficient (Wildman–Crippen LogP) is 2.29. The van der Waals surface area contributed by atoms with Crippen LogP contribution < -0.4 is 10.9 Å². The smallest absolute Gasteiger partial charge is 0.336 e. The Morgan fingerprint density at radius 1 is 1.32 bits per heavy atom. The molecule has 0 radical (unpaired) electrons. The number of rotatable bonds is 2. The molecule has 1 aromatic carbocycles. The van der Waals surface area contributed by atoms with Crippen molar-refractivity contribution >= 4 is 39.6 Å². The number of carbonyl (C=O) groups excluding carboxylic acids is 1. The fourth-order valence-corrected chi connectivity index (χ4v) is 2.90. The van der Waals surface area contributed by atoms with Crippen LogP contribution in [0.25, 0.3) is 27.6 Å². The molecule has 0 aliphatic heterocycles. The van der Waals surface area contributed by atoms with Gasteiger partial charge in [0.2, 0.25) is 0 Å². The second-order valence-corrected chi connectivity index (χ2v) is 5.84. The van der Waals surface area contributed by atoms with Gasteiger partial charge in [-0.2, -0.15) is 9.78 Å². The Bertz CT molecular complexity index is 1170. The van der Waals surface area contributed by atoms with Crippen LogP contribution in [0.5, 0.6) is 0 Å². The summed E-state index contributed by atoms with van der Waals surface area (Å²) in [5.41, 5.74) is 1.29. The van der Waals surface area contributed by atoms with Gasteiger partial charge in [-0.05, 0) is 25.1 Å². The largest absolute Gasteiger partial charge is 0.344 e. The number of carbonyl (C=O) groups is 1. The van der Waals surface area contributed by atoms with Gasteiger partial charge in [-0.15, -0.1) is 0 Å². The van der Waals surface area contributed by atoms with Crippen LogP contribution in [0.15, 0.2) is 41.5 Å². The molecule has 0 saturated heterocycles. The van der Waals surface area contributed by atoms with Gasteiger partial charge in [-0.25, -0.2) is 14.5 Å². The Kier molecular flexibility index (Phi) is 3.54. The first-order valence-electron chi connectivity index (χ1n) is 7.61. The van der Waals surface area contributed by atoms with E-state index in [2.05, 4.69) is 20.5 Å². The number of hydrogen-bond donors (Lipinski definition) is 2. The lowest BCUT2D eigenvalue weighted by molar-refractivity contribution is 0.241. The molecule has 126 valence electrons. The van der Waals surface area contributed by atoms with Crippen LogP contribution in [0.3, 0.4) is 0 Å². The zero-order valence-electron chi connectivity index (χ0n) is 13.2. The quantitative estimate of drug-likeness (QED) is 0.575. The van der Waals surface area contributed by atoms with Gasteiger partial charge in [0.15, 0.2) is 5.65 Å². The lowest BCUT2D eigenvalue weighted by Gasteiger charge is -2.02. The van der Waals surface area contributed by atoms with E-state index in [0.717, 1.165) is 0 Å². The van der Waals surface area contributed by atoms with Crippen molar-refractivity contribution in [3.05, 3.63) is 52.0 Å². The molecule has 8 nitrogen and oxygen atoms in total. The number of hydrogen-bond acceptors (Lipinski definition) is 4. The van der Waals surface area contributed by atoms with Crippen LogP contribution in [-0.2, 0) is 0 Å². The maximum absolute atomic E-state index is 12.7. The van der Waals surface area contributed by atoms with Crippen LogP contribution in [0.1, 0.15) is 6.92 Å². The normalized spacial score (nSPS) is 11.3. The minimum absolute atomic E-state index is 0.252. The Hall–Kier alpha value is -3.13. The molecule has 0 spiro atoms. The average Bonchev–Trinajstić information content (AvgIpc) is 3.16. The Morgan fingerprint density at radius 2 is 2.16 bits per heavy atom. The third kappa shape index (κ3) is 2.38. The molecule has 3 heterocycles. The van der Waals surface area contributed by atoms with Gasteiger partial charge in [-0.1, -0.05) is 17.7 Å². The van der Waals surface area contributed by atoms with E-state index in [-0.39, 0.29) is 11.6 Å². The summed E-state index contributed by atoms with van der Waals surface area (Å²) in [5, 5.41) is 11.3. The van der Waals surface area contributed by atoms with Crippen LogP contribution in [-0.4, -0.2) is 37.1 Å². The summed E-state index contributed by atoms with van der Waals surface area (Å²) in [6, 6.07) is 6.57. The molecular weight excluding hydrogens is 344 g/mol. The number of amides is 1. The van der Waals surface area contributed by atoms with Crippen molar-refractivity contribution in [2.24, 2.45) is 0 Å². The van der Waals surface area contributed by atoms with E-state index >= 15 is 0 Å². The van der Waals surface area contributed by atoms with Gasteiger partial charge in [0, 0.05) is 17.8 Å². The van der Waals surface area contributed by atoms with E-state index in [4.69, 9.17) is 11.6 Å². The molecule has 0 bridgehead atoms. The van der Waals surface area contributed by atoms with Crippen LogP contribution in [0, 0.1) is 0 Å². The summed E-state index contributed by atoms with van der Waals surface area (Å²) < 4.78 is 2.56. The van der Waals surface area contributed by atoms with Crippen LogP contribution in [0.2, 0.25) is 5.02 Å². The third-order valence-electron chi connectivity index (χ3n) is 3.84. The fourth-order valence-electron chi connectivity index (χ4n) is 2.72. The summed E-state index contributed by atoms with van der Waals surface area (Å²) in [6.45, 7) is 2.29. The SMILES string of the molecule is CCNC(=O)n1ncc2c3[nH]n(-c4cccc(Cl)c4)c(=O)c3cnc21. The van der Waals surface area contributed by atoms with Crippen molar-refractivity contribution in [2.45, 2.75) is 6.92 Å². The Labute approximate surface area is 146 Å². The van der Waals surface area contributed by atoms with E-state index in [1.807, 2.05) is 6.92 Å². The maximum atomic E-state index is 12.7. The first-order chi connectivity index (χ1) is 12.1. The molecule has 2 N–H and O–H groups in total. The van der Waals surface area contributed by atoms with Gasteiger partial charge in [-0.3, -0.25) is 9.89 Å². The lowest BCUT2D eigenvalue weighted by Crippen LogP contribution is -2.29. The number of benzene rings is 1. The van der Waals surface area contributed by atoms with E-state index in [1.54, 1.807) is 24.3 Å². The van der Waals surface area contributed by atoms with Gasteiger partial charge >= 0.3 is 6.03 Å². The summed E-state index contributed by atoms with van der Waals surface area (Å²) in [4.78, 5) is 29.0. The number of H-pyrrole nitrogens is 1. The molecule has 3 aromatic heterocycles. The van der Waals surface area contributed by atoms with Crippen molar-refractivity contribution in [1.29, 1.82) is 0 Å². The number of aromatic nitrogens is 5. The minimum Gasteiger partial charge on any atom is -0.336 e. The maximum Gasteiger partial charge on any atom is 0.344 e. The minimum atomic E-state index is -0.374. The standard InChI is InChI=1S/C16H13ClN6O2/c1-2-18-16(25)23-14-11(8-20-23)13-12(7-19-14)15(24)22(21-13)10-5-3-4-9(17)6-10/h3-8,21H,2H2,1H3,(H,18,25). The molecule has 0 aliphatic rings. The number of fused-ring (bicyclic) bond motifs is 3. The molecule has 0 fully saturated rings. The molecule has 4 aromatic rings. The first-order valence-corrected chi connectivity index (χ1v) is 7.99. The zero-order chi connectivity index (χ0) is 17.6. The summed E-state index contributed by atoms with van der Waals surface area (Å²) in [6.07, 6.45) is 2.95. The van der Waals surface area contributed by atoms with E-state index in [9.17, 15) is 9.59 Å². The second-order valence-electron chi connectivity index (χ2n) is 5.41. The molecule has 0 atom stereocenters. The van der Waals surface area contributed by atoms with E-state index in [1.165, 1.54) is 21.8 Å². The number of nitrogens with zero attached hydrogens (tertiary/aromatic N) is 4. The highest BCUT2D eigenvalue weighted by atomic mass is 35.5. The molecular formula is C16H13ClN6O2. The monoisotopic (exact) mass is 356 g/mol. The first kappa shape index (κ1) is 15.4. The molecule has 25 heavy (non-hydrogen) atoms. The summed E-state index contributed by atoms with van der Waals surface area (Å²) >= 11 is 6.01. The highest BCUT2D eigenvalue weighted by Gasteiger charge is 2.17. The van der Waals surface area contributed by atoms with Crippen molar-refractivity contribution in [1.82, 2.24) is 29.9 Å². The Morgan fingerprint density at radius 3 is 2.92 bits per heavy atom. The average molecular weight is 357 g/mol. The van der Waals surface area contributed by atoms with E-state index in [0.29, 0.717) is 39.2 Å². The van der Waals surface area contributed by atoms with Crippen molar-refractivity contribution in [3.8, 4) is 5.69 Å². The summed E-state index contributed by atoms with van der Waals surface area (Å²) in [7, 11) is 0. The van der Waals surface area contributed by atoms with Gasteiger partial charge in [0.25, 0.3) is 5.56 Å². The zero-order valence-corrected chi connectivity index (χ0v) is 13.9. The van der Waals surface area contributed by atoms with Gasteiger partial charge in [0.05, 0.1) is 28.2 Å². The van der Waals surface area contributed by atoms with Crippen molar-refractivity contribution in [3.63, 3.8) is 0 Å². The molecule has 9 heteroatoms. The molecule has 0 unspecified atom stereocenters. The third-order valence-corrected chi connectivity index (χ3v) is 4.08. The highest BCUT2D eigenvalue weighted by molar-refractivity contribution is 6.30. The lowest BCUT2D eigenvalue weighted by atomic mass is 10.2. The molecule has 0 saturated carbocycles. The molecule has 4 rings (SSSR count). The molecule has 0 aliphatic carbocycles. The fraction of sp³-hybridized carbons (Fsp3) is 0.125. The number of halogens is 1. The van der Waals surface area contributed by atoms with Gasteiger partial charge in [0.1, 0.15) is 0 Å². The molecule has 1 amide bonds. The second kappa shape index (κ2) is 5.75. The van der Waals surface area contributed by atoms with E-state index < -0.39 is 0 Å². The number of pyridine rings is 1. The van der Waals surface area contributed by atoms with Crippen molar-refractivity contribution < 1.29 is 4.79 Å². The number of nitrogens with one attached hydrogen (secondary N) is 2. The highest BCUT2D eigenvalue weighted by Crippen LogP contribution is 2.21. The van der Waals surface area contributed by atoms with Crippen molar-refractivity contribution in [2.75, 3.05) is 6.54 Å². The number of aromatic amines is 1. The topological polar surface area (TPSA) is 97.6 Å². The Balaban J connectivity index is 1.96. The van der Waals surface area contributed by atoms with Crippen LogP contribution in [0.4, 0.5) is 4.79 Å².